The minimum Gasteiger partial charge on any atom is -0.0654 e. The van der Waals surface area contributed by atoms with Crippen molar-refractivity contribution in [1.29, 1.82) is 0 Å². The lowest BCUT2D eigenvalue weighted by Gasteiger charge is -2.20. The molecule has 1 rings (SSSR count). The van der Waals surface area contributed by atoms with Gasteiger partial charge in [-0.2, -0.15) is 0 Å². The second-order valence-electron chi connectivity index (χ2n) is 9.58. The van der Waals surface area contributed by atoms with Gasteiger partial charge in [-0.1, -0.05) is 140 Å². The number of benzene rings is 1. The van der Waals surface area contributed by atoms with Gasteiger partial charge in [0.15, 0.2) is 0 Å². The van der Waals surface area contributed by atoms with Crippen LogP contribution >= 0.6 is 0 Å². The molecule has 0 heterocycles. The van der Waals surface area contributed by atoms with Crippen LogP contribution in [-0.4, -0.2) is 0 Å². The minimum atomic E-state index is 0.787. The van der Waals surface area contributed by atoms with Gasteiger partial charge in [0.2, 0.25) is 0 Å². The van der Waals surface area contributed by atoms with E-state index in [2.05, 4.69) is 45.9 Å². The SMILES string of the molecule is CCCCCCCCCCC(CCCCCCCCCC)c1cc(C)ccc1C. The van der Waals surface area contributed by atoms with Crippen molar-refractivity contribution in [2.75, 3.05) is 0 Å². The van der Waals surface area contributed by atoms with Crippen molar-refractivity contribution in [3.8, 4) is 0 Å². The molecule has 0 heteroatoms. The van der Waals surface area contributed by atoms with Gasteiger partial charge in [0.05, 0.1) is 0 Å². The first-order valence-electron chi connectivity index (χ1n) is 13.3. The van der Waals surface area contributed by atoms with Crippen LogP contribution in [0.25, 0.3) is 0 Å². The summed E-state index contributed by atoms with van der Waals surface area (Å²) in [6, 6.07) is 7.11. The Labute approximate surface area is 184 Å². The number of unbranched alkanes of at least 4 members (excludes halogenated alkanes) is 14. The monoisotopic (exact) mass is 400 g/mol. The average Bonchev–Trinajstić information content (AvgIpc) is 2.72. The van der Waals surface area contributed by atoms with E-state index in [0.29, 0.717) is 0 Å². The van der Waals surface area contributed by atoms with Gasteiger partial charge in [-0.15, -0.1) is 0 Å². The van der Waals surface area contributed by atoms with Crippen molar-refractivity contribution in [1.82, 2.24) is 0 Å². The first kappa shape index (κ1) is 26.3. The number of aryl methyl sites for hydroxylation is 2. The zero-order valence-electron chi connectivity index (χ0n) is 20.5. The second kappa shape index (κ2) is 18.0. The summed E-state index contributed by atoms with van der Waals surface area (Å²) >= 11 is 0. The van der Waals surface area contributed by atoms with Gasteiger partial charge >= 0.3 is 0 Å². The standard InChI is InChI=1S/C29H52/c1-5-7-9-11-13-15-17-19-21-28(29-25-26(3)23-24-27(29)4)22-20-18-16-14-12-10-8-6-2/h23-25,28H,5-22H2,1-4H3. The summed E-state index contributed by atoms with van der Waals surface area (Å²) in [4.78, 5) is 0. The Hall–Kier alpha value is -0.780. The summed E-state index contributed by atoms with van der Waals surface area (Å²) < 4.78 is 0. The Morgan fingerprint density at radius 1 is 0.552 bits per heavy atom. The van der Waals surface area contributed by atoms with E-state index in [4.69, 9.17) is 0 Å². The molecule has 0 N–H and O–H groups in total. The molecule has 29 heavy (non-hydrogen) atoms. The molecule has 0 radical (unpaired) electrons. The van der Waals surface area contributed by atoms with Crippen LogP contribution in [-0.2, 0) is 0 Å². The number of hydrogen-bond acceptors (Lipinski definition) is 0. The number of hydrogen-bond donors (Lipinski definition) is 0. The highest BCUT2D eigenvalue weighted by atomic mass is 14.2. The van der Waals surface area contributed by atoms with Crippen molar-refractivity contribution in [3.05, 3.63) is 34.9 Å². The molecule has 0 saturated carbocycles. The Kier molecular flexibility index (Phi) is 16.3. The molecule has 0 aliphatic heterocycles. The van der Waals surface area contributed by atoms with Crippen molar-refractivity contribution < 1.29 is 0 Å². The maximum Gasteiger partial charge on any atom is -0.0159 e. The average molecular weight is 401 g/mol. The highest BCUT2D eigenvalue weighted by molar-refractivity contribution is 5.33. The summed E-state index contributed by atoms with van der Waals surface area (Å²) in [5, 5.41) is 0. The summed E-state index contributed by atoms with van der Waals surface area (Å²) in [6.07, 6.45) is 25.7. The molecular weight excluding hydrogens is 348 g/mol. The molecule has 0 spiro atoms. The van der Waals surface area contributed by atoms with Gasteiger partial charge in [-0.25, -0.2) is 0 Å². The van der Waals surface area contributed by atoms with E-state index in [0.717, 1.165) is 5.92 Å². The minimum absolute atomic E-state index is 0.787. The maximum atomic E-state index is 2.48. The fourth-order valence-corrected chi connectivity index (χ4v) is 4.70. The topological polar surface area (TPSA) is 0 Å². The molecule has 0 nitrogen and oxygen atoms in total. The molecule has 0 atom stereocenters. The molecule has 0 aromatic heterocycles. The van der Waals surface area contributed by atoms with Crippen molar-refractivity contribution in [2.45, 2.75) is 149 Å². The molecule has 0 saturated heterocycles. The molecule has 1 aromatic rings. The van der Waals surface area contributed by atoms with Gasteiger partial charge < -0.3 is 0 Å². The first-order chi connectivity index (χ1) is 14.2. The lowest BCUT2D eigenvalue weighted by molar-refractivity contribution is 0.481. The van der Waals surface area contributed by atoms with Crippen molar-refractivity contribution in [3.63, 3.8) is 0 Å². The third-order valence-corrected chi connectivity index (χ3v) is 6.69. The highest BCUT2D eigenvalue weighted by Gasteiger charge is 2.14. The Morgan fingerprint density at radius 2 is 0.966 bits per heavy atom. The predicted molar refractivity (Wildman–Crippen MR) is 133 cm³/mol. The van der Waals surface area contributed by atoms with E-state index in [1.807, 2.05) is 0 Å². The van der Waals surface area contributed by atoms with E-state index in [9.17, 15) is 0 Å². The molecule has 0 bridgehead atoms. The van der Waals surface area contributed by atoms with Crippen molar-refractivity contribution >= 4 is 0 Å². The van der Waals surface area contributed by atoms with Gasteiger partial charge in [0, 0.05) is 0 Å². The molecule has 0 fully saturated rings. The summed E-state index contributed by atoms with van der Waals surface area (Å²) in [6.45, 7) is 9.19. The van der Waals surface area contributed by atoms with Crippen LogP contribution < -0.4 is 0 Å². The zero-order valence-corrected chi connectivity index (χ0v) is 20.5. The predicted octanol–water partition coefficient (Wildman–Crippen LogP) is 10.4. The maximum absolute atomic E-state index is 2.48. The van der Waals surface area contributed by atoms with Crippen LogP contribution in [0.2, 0.25) is 0 Å². The lowest BCUT2D eigenvalue weighted by atomic mass is 9.85. The molecule has 0 amide bonds. The van der Waals surface area contributed by atoms with Crippen LogP contribution in [0.15, 0.2) is 18.2 Å². The van der Waals surface area contributed by atoms with Gasteiger partial charge in [-0.05, 0) is 43.7 Å². The Morgan fingerprint density at radius 3 is 1.41 bits per heavy atom. The van der Waals surface area contributed by atoms with Crippen LogP contribution in [0.1, 0.15) is 152 Å². The van der Waals surface area contributed by atoms with Crippen molar-refractivity contribution in [2.24, 2.45) is 0 Å². The lowest BCUT2D eigenvalue weighted by Crippen LogP contribution is -2.03. The van der Waals surface area contributed by atoms with E-state index in [1.165, 1.54) is 127 Å². The highest BCUT2D eigenvalue weighted by Crippen LogP contribution is 2.31. The fraction of sp³-hybridized carbons (Fsp3) is 0.793. The summed E-state index contributed by atoms with van der Waals surface area (Å²) in [5.74, 6) is 0.787. The number of rotatable bonds is 19. The van der Waals surface area contributed by atoms with Gasteiger partial charge in [0.25, 0.3) is 0 Å². The Bertz CT molecular complexity index is 467. The van der Waals surface area contributed by atoms with Crippen LogP contribution in [0.3, 0.4) is 0 Å². The first-order valence-corrected chi connectivity index (χ1v) is 13.3. The Balaban J connectivity index is 2.35. The summed E-state index contributed by atoms with van der Waals surface area (Å²) in [5.41, 5.74) is 4.60. The quantitative estimate of drug-likeness (QED) is 0.202. The molecule has 0 aliphatic carbocycles. The van der Waals surface area contributed by atoms with Gasteiger partial charge in [-0.3, -0.25) is 0 Å². The van der Waals surface area contributed by atoms with E-state index in [1.54, 1.807) is 5.56 Å². The van der Waals surface area contributed by atoms with Crippen LogP contribution in [0, 0.1) is 13.8 Å². The van der Waals surface area contributed by atoms with E-state index < -0.39 is 0 Å². The molecule has 0 unspecified atom stereocenters. The largest absolute Gasteiger partial charge is 0.0654 e. The molecular formula is C29H52. The fourth-order valence-electron chi connectivity index (χ4n) is 4.70. The molecule has 1 aromatic carbocycles. The van der Waals surface area contributed by atoms with Gasteiger partial charge in [0.1, 0.15) is 0 Å². The second-order valence-corrected chi connectivity index (χ2v) is 9.58. The molecule has 168 valence electrons. The van der Waals surface area contributed by atoms with E-state index >= 15 is 0 Å². The van der Waals surface area contributed by atoms with Crippen LogP contribution in [0.4, 0.5) is 0 Å². The normalized spacial score (nSPS) is 11.5. The summed E-state index contributed by atoms with van der Waals surface area (Å²) in [7, 11) is 0. The third-order valence-electron chi connectivity index (χ3n) is 6.69. The van der Waals surface area contributed by atoms with Crippen LogP contribution in [0.5, 0.6) is 0 Å². The smallest absolute Gasteiger partial charge is 0.0159 e. The molecule has 0 aliphatic rings. The third kappa shape index (κ3) is 13.2. The zero-order chi connectivity index (χ0) is 21.2. The van der Waals surface area contributed by atoms with E-state index in [-0.39, 0.29) is 0 Å².